The van der Waals surface area contributed by atoms with Crippen LogP contribution in [0.1, 0.15) is 22.0 Å². The molecule has 14 heavy (non-hydrogen) atoms. The summed E-state index contributed by atoms with van der Waals surface area (Å²) >= 11 is 3.50. The van der Waals surface area contributed by atoms with Gasteiger partial charge in [-0.05, 0) is 52.7 Å². The second-order valence-corrected chi connectivity index (χ2v) is 5.33. The summed E-state index contributed by atoms with van der Waals surface area (Å²) in [5.74, 6) is 0. The molecule has 0 aliphatic rings. The molecule has 1 nitrogen and oxygen atoms in total. The molecule has 0 saturated heterocycles. The van der Waals surface area contributed by atoms with Crippen molar-refractivity contribution < 1.29 is 0 Å². The van der Waals surface area contributed by atoms with Gasteiger partial charge in [-0.3, -0.25) is 0 Å². The normalized spacial score (nSPS) is 13.0. The van der Waals surface area contributed by atoms with E-state index < -0.39 is 0 Å². The Balaban J connectivity index is 2.05. The van der Waals surface area contributed by atoms with Crippen molar-refractivity contribution >= 4 is 22.7 Å². The number of rotatable bonds is 3. The van der Waals surface area contributed by atoms with Gasteiger partial charge in [0.15, 0.2) is 0 Å². The molecule has 0 aliphatic heterocycles. The third kappa shape index (κ3) is 2.23. The summed E-state index contributed by atoms with van der Waals surface area (Å²) in [4.78, 5) is 1.36. The van der Waals surface area contributed by atoms with Crippen LogP contribution in [0.5, 0.6) is 0 Å². The fourth-order valence-corrected chi connectivity index (χ4v) is 2.91. The average molecular weight is 223 g/mol. The van der Waals surface area contributed by atoms with Crippen molar-refractivity contribution in [3.05, 3.63) is 44.3 Å². The maximum atomic E-state index is 6.09. The fourth-order valence-electron chi connectivity index (χ4n) is 1.46. The quantitative estimate of drug-likeness (QED) is 0.848. The van der Waals surface area contributed by atoms with E-state index in [9.17, 15) is 0 Å². The van der Waals surface area contributed by atoms with Gasteiger partial charge in [-0.25, -0.2) is 0 Å². The van der Waals surface area contributed by atoms with Crippen LogP contribution in [0.4, 0.5) is 0 Å². The minimum atomic E-state index is 0.148. The third-order valence-electron chi connectivity index (χ3n) is 2.21. The molecule has 1 unspecified atom stereocenters. The summed E-state index contributed by atoms with van der Waals surface area (Å²) in [6.07, 6.45) is 0.946. The fraction of sp³-hybridized carbons (Fsp3) is 0.273. The summed E-state index contributed by atoms with van der Waals surface area (Å²) in [7, 11) is 0. The molecule has 2 rings (SSSR count). The van der Waals surface area contributed by atoms with Gasteiger partial charge in [-0.2, -0.15) is 11.3 Å². The molecule has 0 spiro atoms. The lowest BCUT2D eigenvalue weighted by Crippen LogP contribution is -2.11. The molecule has 0 fully saturated rings. The topological polar surface area (TPSA) is 26.0 Å². The first kappa shape index (κ1) is 9.90. The van der Waals surface area contributed by atoms with Crippen molar-refractivity contribution in [2.45, 2.75) is 19.4 Å². The van der Waals surface area contributed by atoms with Gasteiger partial charge in [0, 0.05) is 10.9 Å². The van der Waals surface area contributed by atoms with Crippen LogP contribution in [0.2, 0.25) is 0 Å². The van der Waals surface area contributed by atoms with E-state index in [2.05, 4.69) is 35.2 Å². The van der Waals surface area contributed by atoms with E-state index in [1.54, 1.807) is 22.7 Å². The zero-order valence-electron chi connectivity index (χ0n) is 8.07. The van der Waals surface area contributed by atoms with Crippen molar-refractivity contribution in [1.82, 2.24) is 0 Å². The Kier molecular flexibility index (Phi) is 3.01. The van der Waals surface area contributed by atoms with Gasteiger partial charge in [0.25, 0.3) is 0 Å². The molecule has 0 bridgehead atoms. The molecule has 0 aliphatic carbocycles. The summed E-state index contributed by atoms with van der Waals surface area (Å²) < 4.78 is 0. The van der Waals surface area contributed by atoms with Crippen molar-refractivity contribution in [2.75, 3.05) is 0 Å². The van der Waals surface area contributed by atoms with Crippen molar-refractivity contribution in [3.63, 3.8) is 0 Å². The van der Waals surface area contributed by atoms with E-state index in [4.69, 9.17) is 5.73 Å². The lowest BCUT2D eigenvalue weighted by molar-refractivity contribution is 0.726. The summed E-state index contributed by atoms with van der Waals surface area (Å²) in [5, 5.41) is 6.40. The Morgan fingerprint density at radius 3 is 2.86 bits per heavy atom. The molecule has 2 heterocycles. The van der Waals surface area contributed by atoms with Crippen LogP contribution in [0.3, 0.4) is 0 Å². The van der Waals surface area contributed by atoms with Crippen molar-refractivity contribution in [2.24, 2.45) is 5.73 Å². The van der Waals surface area contributed by atoms with Gasteiger partial charge in [0.2, 0.25) is 0 Å². The number of aryl methyl sites for hydroxylation is 1. The van der Waals surface area contributed by atoms with Gasteiger partial charge in [-0.1, -0.05) is 0 Å². The number of hydrogen-bond acceptors (Lipinski definition) is 3. The van der Waals surface area contributed by atoms with E-state index >= 15 is 0 Å². The van der Waals surface area contributed by atoms with Gasteiger partial charge in [0.1, 0.15) is 0 Å². The van der Waals surface area contributed by atoms with Crippen LogP contribution in [0.15, 0.2) is 28.3 Å². The van der Waals surface area contributed by atoms with Crippen molar-refractivity contribution in [1.29, 1.82) is 0 Å². The van der Waals surface area contributed by atoms with Gasteiger partial charge in [-0.15, -0.1) is 11.3 Å². The summed E-state index contributed by atoms with van der Waals surface area (Å²) in [6, 6.07) is 4.47. The van der Waals surface area contributed by atoms with Crippen LogP contribution in [0.25, 0.3) is 0 Å². The molecule has 2 aromatic heterocycles. The largest absolute Gasteiger partial charge is 0.324 e. The van der Waals surface area contributed by atoms with E-state index in [1.165, 1.54) is 16.0 Å². The first-order valence-corrected chi connectivity index (χ1v) is 6.39. The Morgan fingerprint density at radius 2 is 2.29 bits per heavy atom. The lowest BCUT2D eigenvalue weighted by Gasteiger charge is -2.07. The zero-order valence-corrected chi connectivity index (χ0v) is 9.70. The lowest BCUT2D eigenvalue weighted by atomic mass is 10.0. The van der Waals surface area contributed by atoms with Crippen LogP contribution < -0.4 is 5.73 Å². The van der Waals surface area contributed by atoms with Crippen LogP contribution >= 0.6 is 22.7 Å². The van der Waals surface area contributed by atoms with Gasteiger partial charge < -0.3 is 5.73 Å². The molecule has 0 saturated carbocycles. The van der Waals surface area contributed by atoms with Crippen LogP contribution in [-0.4, -0.2) is 0 Å². The smallest absolute Gasteiger partial charge is 0.0344 e. The van der Waals surface area contributed by atoms with E-state index in [0.29, 0.717) is 0 Å². The minimum Gasteiger partial charge on any atom is -0.324 e. The Labute approximate surface area is 92.2 Å². The van der Waals surface area contributed by atoms with E-state index in [1.807, 2.05) is 0 Å². The maximum absolute atomic E-state index is 6.09. The Hall–Kier alpha value is -0.640. The van der Waals surface area contributed by atoms with Gasteiger partial charge >= 0.3 is 0 Å². The summed E-state index contributed by atoms with van der Waals surface area (Å²) in [5.41, 5.74) is 8.69. The number of nitrogens with two attached hydrogens (primary N) is 1. The molecule has 3 heteroatoms. The molecule has 0 amide bonds. The highest BCUT2D eigenvalue weighted by molar-refractivity contribution is 7.10. The average Bonchev–Trinajstić information content (AvgIpc) is 2.75. The second kappa shape index (κ2) is 4.26. The first-order chi connectivity index (χ1) is 6.75. The second-order valence-electron chi connectivity index (χ2n) is 3.43. The van der Waals surface area contributed by atoms with E-state index in [-0.39, 0.29) is 6.04 Å². The van der Waals surface area contributed by atoms with Crippen LogP contribution in [-0.2, 0) is 6.42 Å². The highest BCUT2D eigenvalue weighted by Crippen LogP contribution is 2.21. The Bertz CT molecular complexity index is 389. The molecule has 2 N–H and O–H groups in total. The number of thiophene rings is 2. The predicted molar refractivity (Wildman–Crippen MR) is 64.0 cm³/mol. The van der Waals surface area contributed by atoms with E-state index in [0.717, 1.165) is 6.42 Å². The molecule has 0 radical (unpaired) electrons. The highest BCUT2D eigenvalue weighted by Gasteiger charge is 2.07. The number of hydrogen-bond donors (Lipinski definition) is 1. The third-order valence-corrected chi connectivity index (χ3v) is 3.82. The molecular weight excluding hydrogens is 210 g/mol. The molecule has 74 valence electrons. The molecule has 0 aromatic carbocycles. The first-order valence-electron chi connectivity index (χ1n) is 4.57. The molecule has 1 atom stereocenters. The predicted octanol–water partition coefficient (Wildman–Crippen LogP) is 3.36. The van der Waals surface area contributed by atoms with Gasteiger partial charge in [0.05, 0.1) is 0 Å². The molecule has 2 aromatic rings. The van der Waals surface area contributed by atoms with Crippen molar-refractivity contribution in [3.8, 4) is 0 Å². The SMILES string of the molecule is Cc1cc(CC(N)c2ccsc2)cs1. The zero-order chi connectivity index (χ0) is 9.97. The summed E-state index contributed by atoms with van der Waals surface area (Å²) in [6.45, 7) is 2.13. The molecular formula is C11H13NS2. The van der Waals surface area contributed by atoms with Crippen LogP contribution in [0, 0.1) is 6.92 Å². The monoisotopic (exact) mass is 223 g/mol. The highest BCUT2D eigenvalue weighted by atomic mass is 32.1. The minimum absolute atomic E-state index is 0.148. The standard InChI is InChI=1S/C11H13NS2/c1-8-4-9(6-14-8)5-11(12)10-2-3-13-7-10/h2-4,6-7,11H,5,12H2,1H3. The Morgan fingerprint density at radius 1 is 1.43 bits per heavy atom. The maximum Gasteiger partial charge on any atom is 0.0344 e.